The van der Waals surface area contributed by atoms with E-state index >= 15 is 0 Å². The number of carbonyl (C=O) groups is 2. The van der Waals surface area contributed by atoms with Crippen molar-refractivity contribution < 1.29 is 14.3 Å². The van der Waals surface area contributed by atoms with E-state index in [1.165, 1.54) is 13.3 Å². The lowest BCUT2D eigenvalue weighted by Gasteiger charge is -2.04. The van der Waals surface area contributed by atoms with Crippen molar-refractivity contribution in [1.82, 2.24) is 14.5 Å². The molecule has 0 atom stereocenters. The van der Waals surface area contributed by atoms with Gasteiger partial charge in [-0.15, -0.1) is 0 Å². The summed E-state index contributed by atoms with van der Waals surface area (Å²) in [6.45, 7) is 3.48. The molecule has 2 heterocycles. The van der Waals surface area contributed by atoms with Crippen molar-refractivity contribution in [3.05, 3.63) is 47.5 Å². The van der Waals surface area contributed by atoms with Crippen molar-refractivity contribution in [2.75, 3.05) is 6.61 Å². The molecule has 0 saturated heterocycles. The molecule has 3 rings (SSSR count). The molecule has 1 aromatic carbocycles. The molecule has 0 saturated carbocycles. The van der Waals surface area contributed by atoms with Gasteiger partial charge in [0.25, 0.3) is 0 Å². The fourth-order valence-electron chi connectivity index (χ4n) is 2.74. The summed E-state index contributed by atoms with van der Waals surface area (Å²) in [5.41, 5.74) is 2.23. The SMILES string of the molecule is CCOC(=O)Cn1cc(-c2ccccc2Cl)c2c(C(C)=O)ncnc21. The minimum Gasteiger partial charge on any atom is -0.465 e. The second kappa shape index (κ2) is 7.03. The second-order valence-corrected chi connectivity index (χ2v) is 5.84. The van der Waals surface area contributed by atoms with Gasteiger partial charge in [0, 0.05) is 29.3 Å². The minimum atomic E-state index is -0.381. The number of Topliss-reactive ketones (excluding diaryl/α,β-unsaturated/α-hetero) is 1. The Labute approximate surface area is 149 Å². The Kier molecular flexibility index (Phi) is 4.81. The molecule has 6 nitrogen and oxygen atoms in total. The van der Waals surface area contributed by atoms with Gasteiger partial charge in [-0.3, -0.25) is 9.59 Å². The molecule has 25 heavy (non-hydrogen) atoms. The highest BCUT2D eigenvalue weighted by atomic mass is 35.5. The first kappa shape index (κ1) is 17.1. The lowest BCUT2D eigenvalue weighted by molar-refractivity contribution is -0.143. The van der Waals surface area contributed by atoms with E-state index in [0.29, 0.717) is 33.9 Å². The van der Waals surface area contributed by atoms with Crippen molar-refractivity contribution in [2.45, 2.75) is 20.4 Å². The number of rotatable bonds is 5. The predicted octanol–water partition coefficient (Wildman–Crippen LogP) is 3.52. The first-order valence-corrected chi connectivity index (χ1v) is 8.16. The molecular weight excluding hydrogens is 342 g/mol. The number of halogens is 1. The van der Waals surface area contributed by atoms with Gasteiger partial charge in [-0.1, -0.05) is 29.8 Å². The van der Waals surface area contributed by atoms with E-state index in [-0.39, 0.29) is 18.3 Å². The molecule has 3 aromatic rings. The number of nitrogens with zero attached hydrogens (tertiary/aromatic N) is 3. The van der Waals surface area contributed by atoms with Crippen molar-refractivity contribution in [1.29, 1.82) is 0 Å². The zero-order valence-corrected chi connectivity index (χ0v) is 14.6. The third-order valence-electron chi connectivity index (χ3n) is 3.76. The van der Waals surface area contributed by atoms with E-state index in [0.717, 1.165) is 5.56 Å². The summed E-state index contributed by atoms with van der Waals surface area (Å²) in [4.78, 5) is 32.3. The molecule has 7 heteroatoms. The number of hydrogen-bond acceptors (Lipinski definition) is 5. The van der Waals surface area contributed by atoms with E-state index in [1.54, 1.807) is 23.8 Å². The van der Waals surface area contributed by atoms with Gasteiger partial charge in [0.1, 0.15) is 24.2 Å². The van der Waals surface area contributed by atoms with Crippen molar-refractivity contribution in [3.8, 4) is 11.1 Å². The first-order valence-electron chi connectivity index (χ1n) is 7.78. The number of ketones is 1. The molecule has 0 fully saturated rings. The van der Waals surface area contributed by atoms with E-state index in [4.69, 9.17) is 16.3 Å². The maximum absolute atomic E-state index is 12.0. The van der Waals surface area contributed by atoms with Crippen LogP contribution in [0.5, 0.6) is 0 Å². The molecule has 2 aromatic heterocycles. The third kappa shape index (κ3) is 3.25. The average Bonchev–Trinajstić information content (AvgIpc) is 2.94. The van der Waals surface area contributed by atoms with Gasteiger partial charge >= 0.3 is 5.97 Å². The zero-order chi connectivity index (χ0) is 18.0. The van der Waals surface area contributed by atoms with E-state index in [2.05, 4.69) is 9.97 Å². The van der Waals surface area contributed by atoms with Crippen molar-refractivity contribution in [2.24, 2.45) is 0 Å². The average molecular weight is 358 g/mol. The number of aromatic nitrogens is 3. The second-order valence-electron chi connectivity index (χ2n) is 5.43. The Morgan fingerprint density at radius 1 is 1.20 bits per heavy atom. The maximum Gasteiger partial charge on any atom is 0.325 e. The van der Waals surface area contributed by atoms with Gasteiger partial charge in [0.05, 0.1) is 12.0 Å². The van der Waals surface area contributed by atoms with Gasteiger partial charge in [-0.25, -0.2) is 9.97 Å². The normalized spacial score (nSPS) is 10.8. The quantitative estimate of drug-likeness (QED) is 0.516. The summed E-state index contributed by atoms with van der Waals surface area (Å²) >= 11 is 6.33. The monoisotopic (exact) mass is 357 g/mol. The van der Waals surface area contributed by atoms with Crippen molar-refractivity contribution in [3.63, 3.8) is 0 Å². The lowest BCUT2D eigenvalue weighted by Crippen LogP contribution is -2.13. The van der Waals surface area contributed by atoms with E-state index < -0.39 is 0 Å². The fraction of sp³-hybridized carbons (Fsp3) is 0.222. The van der Waals surface area contributed by atoms with Gasteiger partial charge in [-0.05, 0) is 13.0 Å². The van der Waals surface area contributed by atoms with Gasteiger partial charge < -0.3 is 9.30 Å². The van der Waals surface area contributed by atoms with Gasteiger partial charge in [-0.2, -0.15) is 0 Å². The molecule has 0 aliphatic rings. The van der Waals surface area contributed by atoms with Crippen LogP contribution in [0.4, 0.5) is 0 Å². The Bertz CT molecular complexity index is 965. The molecule has 128 valence electrons. The highest BCUT2D eigenvalue weighted by Gasteiger charge is 2.20. The largest absolute Gasteiger partial charge is 0.465 e. The molecule has 0 aliphatic heterocycles. The highest BCUT2D eigenvalue weighted by molar-refractivity contribution is 6.33. The number of esters is 1. The summed E-state index contributed by atoms with van der Waals surface area (Å²) in [7, 11) is 0. The van der Waals surface area contributed by atoms with Crippen molar-refractivity contribution >= 4 is 34.4 Å². The number of benzene rings is 1. The highest BCUT2D eigenvalue weighted by Crippen LogP contribution is 2.35. The predicted molar refractivity (Wildman–Crippen MR) is 94.6 cm³/mol. The summed E-state index contributed by atoms with van der Waals surface area (Å²) < 4.78 is 6.67. The molecule has 0 aliphatic carbocycles. The van der Waals surface area contributed by atoms with Crippen LogP contribution < -0.4 is 0 Å². The maximum atomic E-state index is 12.0. The number of carbonyl (C=O) groups excluding carboxylic acids is 2. The third-order valence-corrected chi connectivity index (χ3v) is 4.09. The molecule has 0 unspecified atom stereocenters. The molecule has 0 amide bonds. The van der Waals surface area contributed by atoms with Crippen LogP contribution in [-0.4, -0.2) is 32.9 Å². The first-order chi connectivity index (χ1) is 12.0. The van der Waals surface area contributed by atoms with E-state index in [1.807, 2.05) is 18.2 Å². The molecule has 0 spiro atoms. The molecule has 0 radical (unpaired) electrons. The molecule has 0 bridgehead atoms. The summed E-state index contributed by atoms with van der Waals surface area (Å²) in [5.74, 6) is -0.567. The lowest BCUT2D eigenvalue weighted by atomic mass is 10.0. The summed E-state index contributed by atoms with van der Waals surface area (Å²) in [6, 6.07) is 7.30. The summed E-state index contributed by atoms with van der Waals surface area (Å²) in [6.07, 6.45) is 3.07. The van der Waals surface area contributed by atoms with Crippen LogP contribution in [0.1, 0.15) is 24.3 Å². The standard InChI is InChI=1S/C18H16ClN3O3/c1-3-25-15(24)9-22-8-13(12-6-4-5-7-14(12)19)16-17(11(2)23)20-10-21-18(16)22/h4-8,10H,3,9H2,1-2H3. The number of hydrogen-bond donors (Lipinski definition) is 0. The summed E-state index contributed by atoms with van der Waals surface area (Å²) in [5, 5.41) is 1.11. The van der Waals surface area contributed by atoms with Crippen LogP contribution in [0, 0.1) is 0 Å². The zero-order valence-electron chi connectivity index (χ0n) is 13.8. The van der Waals surface area contributed by atoms with Crippen LogP contribution >= 0.6 is 11.6 Å². The minimum absolute atomic E-state index is 0.0108. The Morgan fingerprint density at radius 3 is 2.64 bits per heavy atom. The van der Waals surface area contributed by atoms with Gasteiger partial charge in [0.15, 0.2) is 5.78 Å². The number of fused-ring (bicyclic) bond motifs is 1. The van der Waals surface area contributed by atoms with Crippen LogP contribution in [-0.2, 0) is 16.1 Å². The van der Waals surface area contributed by atoms with Crippen LogP contribution in [0.2, 0.25) is 5.02 Å². The fourth-order valence-corrected chi connectivity index (χ4v) is 2.98. The Morgan fingerprint density at radius 2 is 1.96 bits per heavy atom. The van der Waals surface area contributed by atoms with Crippen LogP contribution in [0.3, 0.4) is 0 Å². The molecular formula is C18H16ClN3O3. The number of ether oxygens (including phenoxy) is 1. The van der Waals surface area contributed by atoms with Gasteiger partial charge in [0.2, 0.25) is 0 Å². The van der Waals surface area contributed by atoms with E-state index in [9.17, 15) is 9.59 Å². The smallest absolute Gasteiger partial charge is 0.325 e. The molecule has 0 N–H and O–H groups in total. The topological polar surface area (TPSA) is 74.1 Å². The van der Waals surface area contributed by atoms with Crippen LogP contribution in [0.25, 0.3) is 22.2 Å². The Balaban J connectivity index is 2.27. The Hall–Kier alpha value is -2.73. The van der Waals surface area contributed by atoms with Crippen LogP contribution in [0.15, 0.2) is 36.8 Å².